The Bertz CT molecular complexity index is 159. The van der Waals surface area contributed by atoms with Crippen LogP contribution in [0, 0.1) is 0 Å². The van der Waals surface area contributed by atoms with Gasteiger partial charge in [0.2, 0.25) is 0 Å². The average molecular weight is 138 g/mol. The Labute approximate surface area is 62.0 Å². The maximum Gasteiger partial charge on any atom is 0.0354 e. The lowest BCUT2D eigenvalue weighted by atomic mass is 10.1. The highest BCUT2D eigenvalue weighted by Crippen LogP contribution is 2.07. The molecule has 0 aliphatic carbocycles. The summed E-state index contributed by atoms with van der Waals surface area (Å²) in [6.45, 7) is 1.76. The fourth-order valence-electron chi connectivity index (χ4n) is 1.06. The fraction of sp³-hybridized carbons (Fsp3) is 0.500. The lowest BCUT2D eigenvalue weighted by Gasteiger charge is -2.17. The average Bonchev–Trinajstić information content (AvgIpc) is 1.88. The zero-order chi connectivity index (χ0) is 7.40. The van der Waals surface area contributed by atoms with Gasteiger partial charge in [-0.15, -0.1) is 0 Å². The summed E-state index contributed by atoms with van der Waals surface area (Å²) in [4.78, 5) is 2.16. The molecule has 0 fully saturated rings. The van der Waals surface area contributed by atoms with Crippen LogP contribution in [0.5, 0.6) is 0 Å². The van der Waals surface area contributed by atoms with E-state index in [1.165, 1.54) is 5.57 Å². The molecule has 0 bridgehead atoms. The highest BCUT2D eigenvalue weighted by Gasteiger charge is 1.98. The Hall–Kier alpha value is -0.760. The van der Waals surface area contributed by atoms with Crippen LogP contribution in [-0.4, -0.2) is 25.0 Å². The van der Waals surface area contributed by atoms with E-state index in [0.29, 0.717) is 0 Å². The summed E-state index contributed by atoms with van der Waals surface area (Å²) in [5.41, 5.74) is 6.74. The molecule has 1 aliphatic rings. The van der Waals surface area contributed by atoms with Gasteiger partial charge in [0, 0.05) is 19.8 Å². The molecule has 0 unspecified atom stereocenters. The van der Waals surface area contributed by atoms with E-state index in [1.54, 1.807) is 0 Å². The first-order valence-electron chi connectivity index (χ1n) is 3.60. The molecule has 2 nitrogen and oxygen atoms in total. The smallest absolute Gasteiger partial charge is 0.0354 e. The lowest BCUT2D eigenvalue weighted by molar-refractivity contribution is 0.497. The minimum absolute atomic E-state index is 0.740. The van der Waals surface area contributed by atoms with Gasteiger partial charge in [-0.2, -0.15) is 0 Å². The van der Waals surface area contributed by atoms with Crippen LogP contribution < -0.4 is 5.73 Å². The van der Waals surface area contributed by atoms with Crippen molar-refractivity contribution in [1.29, 1.82) is 0 Å². The van der Waals surface area contributed by atoms with Crippen LogP contribution in [0.15, 0.2) is 23.9 Å². The molecule has 0 aromatic carbocycles. The summed E-state index contributed by atoms with van der Waals surface area (Å²) in [6, 6.07) is 0. The first kappa shape index (κ1) is 7.35. The van der Waals surface area contributed by atoms with Crippen molar-refractivity contribution in [2.45, 2.75) is 6.42 Å². The molecule has 0 amide bonds. The first-order valence-corrected chi connectivity index (χ1v) is 3.60. The predicted molar refractivity (Wildman–Crippen MR) is 43.5 cm³/mol. The van der Waals surface area contributed by atoms with Crippen molar-refractivity contribution in [2.24, 2.45) is 5.73 Å². The fourth-order valence-corrected chi connectivity index (χ4v) is 1.06. The molecule has 2 heteroatoms. The van der Waals surface area contributed by atoms with Gasteiger partial charge < -0.3 is 10.6 Å². The summed E-state index contributed by atoms with van der Waals surface area (Å²) >= 11 is 0. The van der Waals surface area contributed by atoms with Crippen molar-refractivity contribution in [1.82, 2.24) is 4.90 Å². The molecular formula is C8H14N2. The van der Waals surface area contributed by atoms with Crippen molar-refractivity contribution in [3.63, 3.8) is 0 Å². The van der Waals surface area contributed by atoms with Crippen LogP contribution in [0.2, 0.25) is 0 Å². The van der Waals surface area contributed by atoms with Crippen molar-refractivity contribution >= 4 is 0 Å². The maximum atomic E-state index is 5.41. The maximum absolute atomic E-state index is 5.41. The van der Waals surface area contributed by atoms with Crippen LogP contribution in [0.3, 0.4) is 0 Å². The van der Waals surface area contributed by atoms with Crippen molar-refractivity contribution < 1.29 is 0 Å². The third kappa shape index (κ3) is 1.88. The monoisotopic (exact) mass is 138 g/mol. The summed E-state index contributed by atoms with van der Waals surface area (Å²) in [7, 11) is 2.07. The van der Waals surface area contributed by atoms with E-state index < -0.39 is 0 Å². The van der Waals surface area contributed by atoms with Gasteiger partial charge in [-0.3, -0.25) is 0 Å². The number of allylic oxidation sites excluding steroid dienone is 1. The van der Waals surface area contributed by atoms with Crippen LogP contribution in [0.25, 0.3) is 0 Å². The minimum atomic E-state index is 0.740. The summed E-state index contributed by atoms with van der Waals surface area (Å²) in [6.07, 6.45) is 7.44. The zero-order valence-corrected chi connectivity index (χ0v) is 6.38. The molecule has 1 aliphatic heterocycles. The molecule has 0 saturated carbocycles. The second-order valence-electron chi connectivity index (χ2n) is 2.58. The van der Waals surface area contributed by atoms with Crippen molar-refractivity contribution in [2.75, 3.05) is 20.1 Å². The molecule has 0 spiro atoms. The molecule has 56 valence electrons. The van der Waals surface area contributed by atoms with E-state index in [-0.39, 0.29) is 0 Å². The van der Waals surface area contributed by atoms with E-state index >= 15 is 0 Å². The lowest BCUT2D eigenvalue weighted by Crippen LogP contribution is -2.15. The Morgan fingerprint density at radius 2 is 2.50 bits per heavy atom. The van der Waals surface area contributed by atoms with Gasteiger partial charge >= 0.3 is 0 Å². The van der Waals surface area contributed by atoms with E-state index in [9.17, 15) is 0 Å². The van der Waals surface area contributed by atoms with E-state index in [4.69, 9.17) is 5.73 Å². The summed E-state index contributed by atoms with van der Waals surface area (Å²) in [5, 5.41) is 0. The van der Waals surface area contributed by atoms with Gasteiger partial charge in [-0.05, 0) is 18.5 Å². The van der Waals surface area contributed by atoms with Gasteiger partial charge in [-0.25, -0.2) is 0 Å². The molecule has 0 atom stereocenters. The number of hydrogen-bond acceptors (Lipinski definition) is 2. The van der Waals surface area contributed by atoms with Crippen molar-refractivity contribution in [3.8, 4) is 0 Å². The SMILES string of the molecule is CN1C=C(CCN)C=CC1. The van der Waals surface area contributed by atoms with E-state index in [1.807, 2.05) is 0 Å². The normalized spacial score (nSPS) is 17.4. The predicted octanol–water partition coefficient (Wildman–Crippen LogP) is 0.721. The van der Waals surface area contributed by atoms with Crippen LogP contribution >= 0.6 is 0 Å². The first-order chi connectivity index (χ1) is 4.83. The molecule has 10 heavy (non-hydrogen) atoms. The molecule has 1 rings (SSSR count). The highest BCUT2D eigenvalue weighted by atomic mass is 15.1. The Morgan fingerprint density at radius 3 is 3.10 bits per heavy atom. The topological polar surface area (TPSA) is 29.3 Å². The molecule has 0 aromatic rings. The van der Waals surface area contributed by atoms with Gasteiger partial charge in [0.25, 0.3) is 0 Å². The van der Waals surface area contributed by atoms with Gasteiger partial charge in [0.05, 0.1) is 0 Å². The number of likely N-dealkylation sites (N-methyl/N-ethyl adjacent to an activating group) is 1. The van der Waals surface area contributed by atoms with Gasteiger partial charge in [0.15, 0.2) is 0 Å². The number of nitrogens with two attached hydrogens (primary N) is 1. The summed E-state index contributed by atoms with van der Waals surface area (Å²) < 4.78 is 0. The third-order valence-electron chi connectivity index (χ3n) is 1.54. The van der Waals surface area contributed by atoms with Crippen molar-refractivity contribution in [3.05, 3.63) is 23.9 Å². The second-order valence-corrected chi connectivity index (χ2v) is 2.58. The molecular weight excluding hydrogens is 124 g/mol. The third-order valence-corrected chi connectivity index (χ3v) is 1.54. The zero-order valence-electron chi connectivity index (χ0n) is 6.38. The Morgan fingerprint density at radius 1 is 1.70 bits per heavy atom. The standard InChI is InChI=1S/C8H14N2/c1-10-6-2-3-8(7-10)4-5-9/h2-3,7H,4-6,9H2,1H3. The van der Waals surface area contributed by atoms with Crippen LogP contribution in [0.1, 0.15) is 6.42 Å². The molecule has 0 radical (unpaired) electrons. The summed E-state index contributed by atoms with van der Waals surface area (Å²) in [5.74, 6) is 0. The number of nitrogens with zero attached hydrogens (tertiary/aromatic N) is 1. The second kappa shape index (κ2) is 3.42. The molecule has 0 aromatic heterocycles. The Kier molecular flexibility index (Phi) is 2.51. The van der Waals surface area contributed by atoms with Gasteiger partial charge in [-0.1, -0.05) is 12.2 Å². The minimum Gasteiger partial charge on any atom is -0.376 e. The number of rotatable bonds is 2. The quantitative estimate of drug-likeness (QED) is 0.609. The van der Waals surface area contributed by atoms with E-state index in [2.05, 4.69) is 30.3 Å². The largest absolute Gasteiger partial charge is 0.376 e. The Balaban J connectivity index is 2.49. The molecule has 1 heterocycles. The van der Waals surface area contributed by atoms with Crippen LogP contribution in [0.4, 0.5) is 0 Å². The van der Waals surface area contributed by atoms with Gasteiger partial charge in [0.1, 0.15) is 0 Å². The molecule has 2 N–H and O–H groups in total. The molecule has 0 saturated heterocycles. The van der Waals surface area contributed by atoms with E-state index in [0.717, 1.165) is 19.5 Å². The number of hydrogen-bond donors (Lipinski definition) is 1. The highest BCUT2D eigenvalue weighted by molar-refractivity contribution is 5.21. The van der Waals surface area contributed by atoms with Crippen LogP contribution in [-0.2, 0) is 0 Å².